The second kappa shape index (κ2) is 4.37. The van der Waals surface area contributed by atoms with E-state index in [2.05, 4.69) is 12.1 Å². The molecule has 76 valence electrons. The zero-order valence-electron chi connectivity index (χ0n) is 8.28. The van der Waals surface area contributed by atoms with Gasteiger partial charge >= 0.3 is 0 Å². The van der Waals surface area contributed by atoms with Crippen LogP contribution in [0.1, 0.15) is 32.1 Å². The highest BCUT2D eigenvalue weighted by Crippen LogP contribution is 2.41. The van der Waals surface area contributed by atoms with Crippen molar-refractivity contribution < 1.29 is 5.11 Å². The monoisotopic (exact) mass is 208 g/mol. The first-order valence-corrected chi connectivity index (χ1v) is 6.07. The molecule has 1 fully saturated rings. The van der Waals surface area contributed by atoms with Crippen LogP contribution >= 0.6 is 11.8 Å². The van der Waals surface area contributed by atoms with Gasteiger partial charge in [-0.05, 0) is 37.8 Å². The van der Waals surface area contributed by atoms with Crippen LogP contribution in [-0.2, 0) is 0 Å². The Morgan fingerprint density at radius 2 is 1.64 bits per heavy atom. The molecule has 0 bridgehead atoms. The minimum Gasteiger partial charge on any atom is -0.379 e. The zero-order chi connectivity index (χ0) is 9.86. The molecule has 1 aliphatic carbocycles. The standard InChI is InChI=1S/C12H16OS/c13-12(9-5-2-6-10-12)14-11-7-3-1-4-8-11/h1,3-4,7-8,13H,2,5-6,9-10H2. The molecule has 0 saturated heterocycles. The van der Waals surface area contributed by atoms with Gasteiger partial charge in [-0.2, -0.15) is 0 Å². The quantitative estimate of drug-likeness (QED) is 0.751. The molecule has 2 rings (SSSR count). The highest BCUT2D eigenvalue weighted by Gasteiger charge is 2.29. The van der Waals surface area contributed by atoms with Crippen molar-refractivity contribution in [3.8, 4) is 0 Å². The van der Waals surface area contributed by atoms with Gasteiger partial charge < -0.3 is 5.11 Å². The number of hydrogen-bond donors (Lipinski definition) is 1. The zero-order valence-corrected chi connectivity index (χ0v) is 9.09. The van der Waals surface area contributed by atoms with Gasteiger partial charge in [-0.3, -0.25) is 0 Å². The highest BCUT2D eigenvalue weighted by atomic mass is 32.2. The fraction of sp³-hybridized carbons (Fsp3) is 0.500. The maximum atomic E-state index is 10.3. The summed E-state index contributed by atoms with van der Waals surface area (Å²) in [5.41, 5.74) is 0. The summed E-state index contributed by atoms with van der Waals surface area (Å²) < 4.78 is 0. The van der Waals surface area contributed by atoms with Crippen molar-refractivity contribution >= 4 is 11.8 Å². The largest absolute Gasteiger partial charge is 0.379 e. The van der Waals surface area contributed by atoms with E-state index in [1.165, 1.54) is 11.3 Å². The van der Waals surface area contributed by atoms with Crippen LogP contribution in [0.5, 0.6) is 0 Å². The molecule has 1 aromatic rings. The van der Waals surface area contributed by atoms with Gasteiger partial charge in [-0.15, -0.1) is 0 Å². The Hall–Kier alpha value is -0.470. The van der Waals surface area contributed by atoms with Crippen LogP contribution in [-0.4, -0.2) is 10.0 Å². The predicted molar refractivity (Wildman–Crippen MR) is 60.3 cm³/mol. The number of thioether (sulfide) groups is 1. The average Bonchev–Trinajstić information content (AvgIpc) is 2.19. The van der Waals surface area contributed by atoms with Gasteiger partial charge in [0.25, 0.3) is 0 Å². The van der Waals surface area contributed by atoms with E-state index in [9.17, 15) is 5.11 Å². The van der Waals surface area contributed by atoms with E-state index in [4.69, 9.17) is 0 Å². The van der Waals surface area contributed by atoms with Crippen molar-refractivity contribution in [2.75, 3.05) is 0 Å². The van der Waals surface area contributed by atoms with Crippen molar-refractivity contribution in [2.45, 2.75) is 41.9 Å². The molecule has 0 aliphatic heterocycles. The molecule has 14 heavy (non-hydrogen) atoms. The molecule has 1 aromatic carbocycles. The number of benzene rings is 1. The summed E-state index contributed by atoms with van der Waals surface area (Å²) >= 11 is 1.62. The van der Waals surface area contributed by atoms with Crippen molar-refractivity contribution in [1.29, 1.82) is 0 Å². The van der Waals surface area contributed by atoms with Crippen LogP contribution in [0, 0.1) is 0 Å². The number of hydrogen-bond acceptors (Lipinski definition) is 2. The lowest BCUT2D eigenvalue weighted by atomic mass is 9.97. The predicted octanol–water partition coefficient (Wildman–Crippen LogP) is 3.43. The average molecular weight is 208 g/mol. The molecule has 0 unspecified atom stereocenters. The van der Waals surface area contributed by atoms with E-state index < -0.39 is 4.93 Å². The van der Waals surface area contributed by atoms with E-state index in [0.717, 1.165) is 25.7 Å². The molecule has 1 aliphatic rings. The summed E-state index contributed by atoms with van der Waals surface area (Å²) in [6.45, 7) is 0. The fourth-order valence-electron chi connectivity index (χ4n) is 1.91. The SMILES string of the molecule is OC1(Sc2ccccc2)CCCCC1. The van der Waals surface area contributed by atoms with Crippen LogP contribution in [0.15, 0.2) is 35.2 Å². The van der Waals surface area contributed by atoms with Crippen LogP contribution in [0.25, 0.3) is 0 Å². The molecule has 1 N–H and O–H groups in total. The second-order valence-electron chi connectivity index (χ2n) is 3.92. The molecule has 1 nitrogen and oxygen atoms in total. The summed E-state index contributed by atoms with van der Waals surface area (Å²) in [5, 5.41) is 10.3. The van der Waals surface area contributed by atoms with Gasteiger partial charge in [0.2, 0.25) is 0 Å². The van der Waals surface area contributed by atoms with E-state index in [-0.39, 0.29) is 0 Å². The van der Waals surface area contributed by atoms with Crippen molar-refractivity contribution in [3.63, 3.8) is 0 Å². The molecule has 0 spiro atoms. The maximum absolute atomic E-state index is 10.3. The smallest absolute Gasteiger partial charge is 0.114 e. The molecule has 0 heterocycles. The first-order chi connectivity index (χ1) is 6.79. The van der Waals surface area contributed by atoms with Crippen molar-refractivity contribution in [1.82, 2.24) is 0 Å². The summed E-state index contributed by atoms with van der Waals surface area (Å²) in [5.74, 6) is 0. The third-order valence-electron chi connectivity index (χ3n) is 2.69. The topological polar surface area (TPSA) is 20.2 Å². The first-order valence-electron chi connectivity index (χ1n) is 5.25. The lowest BCUT2D eigenvalue weighted by Crippen LogP contribution is -2.26. The molecule has 0 amide bonds. The van der Waals surface area contributed by atoms with Gasteiger partial charge in [0.15, 0.2) is 0 Å². The van der Waals surface area contributed by atoms with Crippen LogP contribution in [0.2, 0.25) is 0 Å². The molecular formula is C12H16OS. The van der Waals surface area contributed by atoms with Crippen molar-refractivity contribution in [3.05, 3.63) is 30.3 Å². The Balaban J connectivity index is 2.02. The first kappa shape index (κ1) is 10.1. The van der Waals surface area contributed by atoms with E-state index in [0.29, 0.717) is 0 Å². The van der Waals surface area contributed by atoms with Gasteiger partial charge in [0, 0.05) is 4.90 Å². The molecule has 2 heteroatoms. The molecular weight excluding hydrogens is 192 g/mol. The molecule has 0 atom stereocenters. The third-order valence-corrected chi connectivity index (χ3v) is 3.98. The number of aliphatic hydroxyl groups is 1. The summed E-state index contributed by atoms with van der Waals surface area (Å²) in [6.07, 6.45) is 5.48. The Kier molecular flexibility index (Phi) is 3.14. The minimum absolute atomic E-state index is 0.500. The summed E-state index contributed by atoms with van der Waals surface area (Å²) in [6, 6.07) is 10.2. The van der Waals surface area contributed by atoms with Gasteiger partial charge in [-0.1, -0.05) is 36.4 Å². The Labute approximate surface area is 89.5 Å². The Morgan fingerprint density at radius 3 is 2.29 bits per heavy atom. The Bertz CT molecular complexity index is 278. The highest BCUT2D eigenvalue weighted by molar-refractivity contribution is 8.00. The van der Waals surface area contributed by atoms with Crippen LogP contribution < -0.4 is 0 Å². The van der Waals surface area contributed by atoms with Crippen LogP contribution in [0.4, 0.5) is 0 Å². The second-order valence-corrected chi connectivity index (χ2v) is 5.36. The fourth-order valence-corrected chi connectivity index (χ4v) is 3.14. The Morgan fingerprint density at radius 1 is 1.00 bits per heavy atom. The summed E-state index contributed by atoms with van der Waals surface area (Å²) in [4.78, 5) is 0.677. The lowest BCUT2D eigenvalue weighted by molar-refractivity contribution is 0.0946. The molecule has 0 radical (unpaired) electrons. The third kappa shape index (κ3) is 2.52. The van der Waals surface area contributed by atoms with E-state index >= 15 is 0 Å². The van der Waals surface area contributed by atoms with E-state index in [1.807, 2.05) is 18.2 Å². The van der Waals surface area contributed by atoms with Gasteiger partial charge in [0.05, 0.1) is 0 Å². The summed E-state index contributed by atoms with van der Waals surface area (Å²) in [7, 11) is 0. The lowest BCUT2D eigenvalue weighted by Gasteiger charge is -2.31. The molecule has 1 saturated carbocycles. The van der Waals surface area contributed by atoms with Gasteiger partial charge in [0.1, 0.15) is 4.93 Å². The van der Waals surface area contributed by atoms with Crippen LogP contribution in [0.3, 0.4) is 0 Å². The van der Waals surface area contributed by atoms with Gasteiger partial charge in [-0.25, -0.2) is 0 Å². The van der Waals surface area contributed by atoms with E-state index in [1.54, 1.807) is 11.8 Å². The maximum Gasteiger partial charge on any atom is 0.114 e. The normalized spacial score (nSPS) is 20.6. The van der Waals surface area contributed by atoms with Crippen molar-refractivity contribution in [2.24, 2.45) is 0 Å². The number of rotatable bonds is 2. The minimum atomic E-state index is -0.500. The molecule has 0 aromatic heterocycles.